The highest BCUT2D eigenvalue weighted by molar-refractivity contribution is 8.15. The van der Waals surface area contributed by atoms with Crippen LogP contribution in [0.5, 0.6) is 0 Å². The van der Waals surface area contributed by atoms with Crippen LogP contribution in [0.15, 0.2) is 23.3 Å². The Balaban J connectivity index is 1.72. The molecule has 1 aromatic rings. The smallest absolute Gasteiger partial charge is 0.268 e. The van der Waals surface area contributed by atoms with E-state index in [4.69, 9.17) is 5.73 Å². The summed E-state index contributed by atoms with van der Waals surface area (Å²) in [5.41, 5.74) is 6.15. The topological polar surface area (TPSA) is 97.4 Å². The number of nitrogens with two attached hydrogens (primary N) is 1. The fourth-order valence-electron chi connectivity index (χ4n) is 3.51. The SMILES string of the molecule is C[C@H](NC1=NC(=O)C(C)(c2ccnc(C(N)=O)c2)S1)C1CCCCC1. The van der Waals surface area contributed by atoms with Crippen molar-refractivity contribution < 1.29 is 9.59 Å². The summed E-state index contributed by atoms with van der Waals surface area (Å²) in [5, 5.41) is 4.08. The molecule has 2 amide bonds. The molecule has 1 fully saturated rings. The van der Waals surface area contributed by atoms with E-state index in [1.54, 1.807) is 12.1 Å². The van der Waals surface area contributed by atoms with E-state index < -0.39 is 10.7 Å². The molecule has 2 aliphatic rings. The average molecular weight is 360 g/mol. The molecule has 0 bridgehead atoms. The molecule has 1 aliphatic heterocycles. The lowest BCUT2D eigenvalue weighted by molar-refractivity contribution is -0.119. The number of carbonyl (C=O) groups is 2. The molecule has 0 aromatic carbocycles. The van der Waals surface area contributed by atoms with Gasteiger partial charge in [-0.25, -0.2) is 0 Å². The molecule has 1 saturated carbocycles. The zero-order valence-corrected chi connectivity index (χ0v) is 15.4. The van der Waals surface area contributed by atoms with Crippen molar-refractivity contribution in [2.45, 2.75) is 56.7 Å². The standard InChI is InChI=1S/C18H24N4O2S/c1-11(12-6-4-3-5-7-12)21-17-22-16(24)18(2,25-17)13-8-9-20-14(10-13)15(19)23/h8-12H,3-7H2,1-2H3,(H2,19,23)(H,21,22,24)/t11-,18?/m0/s1. The van der Waals surface area contributed by atoms with Crippen molar-refractivity contribution in [2.75, 3.05) is 0 Å². The highest BCUT2D eigenvalue weighted by atomic mass is 32.2. The molecule has 6 nitrogen and oxygen atoms in total. The van der Waals surface area contributed by atoms with Gasteiger partial charge in [-0.15, -0.1) is 0 Å². The molecule has 1 unspecified atom stereocenters. The number of hydrogen-bond donors (Lipinski definition) is 2. The van der Waals surface area contributed by atoms with Gasteiger partial charge in [0.25, 0.3) is 11.8 Å². The Morgan fingerprint density at radius 2 is 2.12 bits per heavy atom. The van der Waals surface area contributed by atoms with Gasteiger partial charge in [0.05, 0.1) is 0 Å². The van der Waals surface area contributed by atoms with Gasteiger partial charge in [-0.3, -0.25) is 14.6 Å². The summed E-state index contributed by atoms with van der Waals surface area (Å²) in [4.78, 5) is 32.1. The molecule has 1 aromatic heterocycles. The number of rotatable bonds is 4. The van der Waals surface area contributed by atoms with Gasteiger partial charge in [0.2, 0.25) is 0 Å². The summed E-state index contributed by atoms with van der Waals surface area (Å²) in [6.07, 6.45) is 7.83. The van der Waals surface area contributed by atoms with Crippen LogP contribution in [-0.2, 0) is 9.54 Å². The Kier molecular flexibility index (Phi) is 5.13. The van der Waals surface area contributed by atoms with Crippen LogP contribution in [0.25, 0.3) is 0 Å². The first-order valence-corrected chi connectivity index (χ1v) is 9.57. The predicted molar refractivity (Wildman–Crippen MR) is 99.3 cm³/mol. The van der Waals surface area contributed by atoms with Crippen molar-refractivity contribution >= 4 is 28.7 Å². The maximum atomic E-state index is 12.6. The van der Waals surface area contributed by atoms with Crippen LogP contribution in [0.2, 0.25) is 0 Å². The van der Waals surface area contributed by atoms with E-state index in [0.29, 0.717) is 22.7 Å². The third-order valence-electron chi connectivity index (χ3n) is 5.18. The average Bonchev–Trinajstić information content (AvgIpc) is 2.90. The van der Waals surface area contributed by atoms with E-state index in [2.05, 4.69) is 22.2 Å². The van der Waals surface area contributed by atoms with Gasteiger partial charge in [-0.2, -0.15) is 4.99 Å². The van der Waals surface area contributed by atoms with E-state index in [1.807, 2.05) is 6.92 Å². The number of primary amides is 1. The molecule has 0 radical (unpaired) electrons. The molecule has 7 heteroatoms. The van der Waals surface area contributed by atoms with E-state index in [0.717, 1.165) is 0 Å². The molecule has 2 heterocycles. The van der Waals surface area contributed by atoms with Crippen LogP contribution in [0.1, 0.15) is 62.0 Å². The predicted octanol–water partition coefficient (Wildman–Crippen LogP) is 2.58. The van der Waals surface area contributed by atoms with Crippen molar-refractivity contribution in [3.8, 4) is 0 Å². The lowest BCUT2D eigenvalue weighted by Gasteiger charge is -2.29. The molecule has 0 spiro atoms. The monoisotopic (exact) mass is 360 g/mol. The first-order valence-electron chi connectivity index (χ1n) is 8.75. The van der Waals surface area contributed by atoms with Crippen molar-refractivity contribution in [3.05, 3.63) is 29.6 Å². The summed E-state index contributed by atoms with van der Waals surface area (Å²) in [5.74, 6) is -0.204. The quantitative estimate of drug-likeness (QED) is 0.860. The maximum absolute atomic E-state index is 12.6. The molecule has 134 valence electrons. The largest absolute Gasteiger partial charge is 0.364 e. The van der Waals surface area contributed by atoms with Gasteiger partial charge < -0.3 is 11.1 Å². The highest BCUT2D eigenvalue weighted by Crippen LogP contribution is 2.42. The summed E-state index contributed by atoms with van der Waals surface area (Å²) < 4.78 is -0.859. The first-order chi connectivity index (χ1) is 11.9. The van der Waals surface area contributed by atoms with Crippen molar-refractivity contribution in [1.29, 1.82) is 0 Å². The minimum Gasteiger partial charge on any atom is -0.364 e. The Bertz CT molecular complexity index is 715. The van der Waals surface area contributed by atoms with Gasteiger partial charge in [0.1, 0.15) is 10.4 Å². The van der Waals surface area contributed by atoms with Crippen LogP contribution < -0.4 is 11.1 Å². The number of amidine groups is 1. The summed E-state index contributed by atoms with van der Waals surface area (Å²) in [6.45, 7) is 3.99. The van der Waals surface area contributed by atoms with Gasteiger partial charge in [0, 0.05) is 12.2 Å². The minimum atomic E-state index is -0.859. The second-order valence-corrected chi connectivity index (χ2v) is 8.39. The van der Waals surface area contributed by atoms with Gasteiger partial charge in [0.15, 0.2) is 5.17 Å². The van der Waals surface area contributed by atoms with Crippen LogP contribution in [-0.4, -0.2) is 28.0 Å². The lowest BCUT2D eigenvalue weighted by Crippen LogP contribution is -2.37. The molecule has 0 saturated heterocycles. The zero-order valence-electron chi connectivity index (χ0n) is 14.6. The first kappa shape index (κ1) is 17.9. The zero-order chi connectivity index (χ0) is 18.0. The summed E-state index contributed by atoms with van der Waals surface area (Å²) in [7, 11) is 0. The van der Waals surface area contributed by atoms with Crippen molar-refractivity contribution in [3.63, 3.8) is 0 Å². The van der Waals surface area contributed by atoms with E-state index in [-0.39, 0.29) is 11.6 Å². The Hall–Kier alpha value is -1.89. The number of aliphatic imine (C=N–C) groups is 1. The van der Waals surface area contributed by atoms with Crippen LogP contribution >= 0.6 is 11.8 Å². The lowest BCUT2D eigenvalue weighted by atomic mass is 9.85. The molecule has 3 N–H and O–H groups in total. The Morgan fingerprint density at radius 3 is 2.80 bits per heavy atom. The fraction of sp³-hybridized carbons (Fsp3) is 0.556. The maximum Gasteiger partial charge on any atom is 0.268 e. The molecular weight excluding hydrogens is 336 g/mol. The number of thioether (sulfide) groups is 1. The molecule has 2 atom stereocenters. The number of nitrogens with zero attached hydrogens (tertiary/aromatic N) is 2. The van der Waals surface area contributed by atoms with E-state index in [9.17, 15) is 9.59 Å². The van der Waals surface area contributed by atoms with Crippen molar-refractivity contribution in [1.82, 2.24) is 10.3 Å². The number of nitrogens with one attached hydrogen (secondary N) is 1. The number of carbonyl (C=O) groups excluding carboxylic acids is 2. The van der Waals surface area contributed by atoms with Gasteiger partial charge in [-0.05, 0) is 50.3 Å². The fourth-order valence-corrected chi connectivity index (χ4v) is 4.65. The molecule has 25 heavy (non-hydrogen) atoms. The number of aromatic nitrogens is 1. The molecule has 3 rings (SSSR count). The third kappa shape index (κ3) is 3.71. The Morgan fingerprint density at radius 1 is 1.40 bits per heavy atom. The number of pyridine rings is 1. The number of hydrogen-bond acceptors (Lipinski definition) is 5. The number of amides is 2. The molecular formula is C18H24N4O2S. The molecule has 1 aliphatic carbocycles. The second kappa shape index (κ2) is 7.15. The van der Waals surface area contributed by atoms with Crippen LogP contribution in [0.4, 0.5) is 0 Å². The van der Waals surface area contributed by atoms with Gasteiger partial charge in [-0.1, -0.05) is 31.0 Å². The summed E-state index contributed by atoms with van der Waals surface area (Å²) >= 11 is 1.40. The minimum absolute atomic E-state index is 0.157. The van der Waals surface area contributed by atoms with Crippen molar-refractivity contribution in [2.24, 2.45) is 16.6 Å². The van der Waals surface area contributed by atoms with Crippen LogP contribution in [0, 0.1) is 5.92 Å². The Labute approximate surface area is 152 Å². The third-order valence-corrected chi connectivity index (χ3v) is 6.40. The van der Waals surface area contributed by atoms with E-state index in [1.165, 1.54) is 50.1 Å². The second-order valence-electron chi connectivity index (χ2n) is 6.98. The van der Waals surface area contributed by atoms with E-state index >= 15 is 0 Å². The highest BCUT2D eigenvalue weighted by Gasteiger charge is 2.43. The summed E-state index contributed by atoms with van der Waals surface area (Å²) in [6, 6.07) is 3.61. The normalized spacial score (nSPS) is 25.5. The van der Waals surface area contributed by atoms with Gasteiger partial charge >= 0.3 is 0 Å². The van der Waals surface area contributed by atoms with Crippen LogP contribution in [0.3, 0.4) is 0 Å².